The minimum atomic E-state index is -4.82. The van der Waals surface area contributed by atoms with Crippen molar-refractivity contribution < 1.29 is 72.7 Å². The average Bonchev–Trinajstić information content (AvgIpc) is 1.58. The number of rotatable bonds is 12. The predicted octanol–water partition coefficient (Wildman–Crippen LogP) is 19.5. The van der Waals surface area contributed by atoms with Crippen molar-refractivity contribution >= 4 is 87.3 Å². The Kier molecular flexibility index (Phi) is 20.6. The van der Waals surface area contributed by atoms with Crippen molar-refractivity contribution in [3.05, 3.63) is 292 Å². The monoisotopic (exact) mass is 1560 g/mol. The van der Waals surface area contributed by atoms with Crippen LogP contribution in [0.25, 0.3) is 33.5 Å². The van der Waals surface area contributed by atoms with Crippen LogP contribution in [0.15, 0.2) is 219 Å². The first-order chi connectivity index (χ1) is 53.9. The molecule has 0 unspecified atom stereocenters. The number of nitrogens with one attached hydrogen (secondary N) is 4. The molecule has 4 N–H and O–H groups in total. The van der Waals surface area contributed by atoms with Gasteiger partial charge < -0.3 is 20.9 Å². The third kappa shape index (κ3) is 15.0. The van der Waals surface area contributed by atoms with Crippen molar-refractivity contribution in [3.8, 4) is 33.5 Å². The lowest BCUT2D eigenvalue weighted by molar-refractivity contribution is -0.138. The van der Waals surface area contributed by atoms with Crippen molar-refractivity contribution in [3.63, 3.8) is 0 Å². The molecule has 0 atom stereocenters. The number of pyridine rings is 3. The molecule has 6 amide bonds. The number of hydrogen-bond donors (Lipinski definition) is 4. The number of fused-ring (bicyclic) bond motifs is 3. The van der Waals surface area contributed by atoms with Gasteiger partial charge in [-0.15, -0.1) is 0 Å². The van der Waals surface area contributed by atoms with Gasteiger partial charge in [-0.2, -0.15) is 39.5 Å². The maximum atomic E-state index is 14.0. The maximum Gasteiger partial charge on any atom is 0.418 e. The average molecular weight is 1560 g/mol. The highest BCUT2D eigenvalue weighted by Crippen LogP contribution is 2.53. The van der Waals surface area contributed by atoms with E-state index in [0.29, 0.717) is 84.7 Å². The lowest BCUT2D eigenvalue weighted by Gasteiger charge is -2.21. The Labute approximate surface area is 645 Å². The van der Waals surface area contributed by atoms with Crippen LogP contribution in [0.1, 0.15) is 123 Å². The van der Waals surface area contributed by atoms with E-state index in [-0.39, 0.29) is 40.6 Å². The molecule has 0 saturated carbocycles. The van der Waals surface area contributed by atoms with Gasteiger partial charge in [0.1, 0.15) is 29.0 Å². The molecule has 0 aliphatic carbocycles. The number of alkyl halides is 9. The molecule has 578 valence electrons. The SMILES string of the molecule is Cc1ccc(NC(=O)c2cc(-c3cccc4c3C(C)(C)C(=O)N4c3cnc[nH]3)ccc2C(F)(F)F)cc1.Cc1ccc(NC(=O)c2cc(-c3ccnc4c3C(C)(C)C(=O)N4c3ccccn3)ccc2C(F)(F)F)cc1F.Cc1ccc(NC(=O)c2nc(-c3cccc4c3C(C)(C)C(=O)N4c3ncccn3)ccc2C(F)(F)F)cc1. The Morgan fingerprint density at radius 3 is 1.46 bits per heavy atom. The van der Waals surface area contributed by atoms with Gasteiger partial charge in [0.05, 0.1) is 73.7 Å². The summed E-state index contributed by atoms with van der Waals surface area (Å²) in [5.74, 6) is -3.00. The lowest BCUT2D eigenvalue weighted by atomic mass is 9.81. The molecule has 29 heteroatoms. The molecule has 8 heterocycles. The van der Waals surface area contributed by atoms with Crippen molar-refractivity contribution in [2.24, 2.45) is 0 Å². The van der Waals surface area contributed by atoms with E-state index < -0.39 is 91.8 Å². The zero-order valence-electron chi connectivity index (χ0n) is 62.0. The Morgan fingerprint density at radius 2 is 0.921 bits per heavy atom. The fraction of sp³-hybridized carbons (Fsp3) is 0.176. The molecular formula is C85H67F10N13O6. The lowest BCUT2D eigenvalue weighted by Crippen LogP contribution is -2.34. The molecule has 5 aromatic heterocycles. The summed E-state index contributed by atoms with van der Waals surface area (Å²) >= 11 is 0. The molecule has 0 bridgehead atoms. The number of carbonyl (C=O) groups excluding carboxylic acids is 6. The smallest absolute Gasteiger partial charge is 0.331 e. The minimum absolute atomic E-state index is 0.0177. The second-order valence-corrected chi connectivity index (χ2v) is 28.6. The highest BCUT2D eigenvalue weighted by atomic mass is 19.4. The largest absolute Gasteiger partial charge is 0.418 e. The van der Waals surface area contributed by atoms with Gasteiger partial charge in [-0.3, -0.25) is 33.7 Å². The summed E-state index contributed by atoms with van der Waals surface area (Å²) in [6.07, 6.45) is -5.35. The topological polar surface area (TPSA) is 241 Å². The first-order valence-corrected chi connectivity index (χ1v) is 35.2. The van der Waals surface area contributed by atoms with Gasteiger partial charge in [-0.1, -0.05) is 83.9 Å². The van der Waals surface area contributed by atoms with Crippen LogP contribution in [0.2, 0.25) is 0 Å². The van der Waals surface area contributed by atoms with Gasteiger partial charge >= 0.3 is 18.5 Å². The molecule has 114 heavy (non-hydrogen) atoms. The van der Waals surface area contributed by atoms with Gasteiger partial charge in [-0.25, -0.2) is 44.1 Å². The molecule has 15 rings (SSSR count). The number of aryl methyl sites for hydroxylation is 3. The third-order valence-corrected chi connectivity index (χ3v) is 19.7. The van der Waals surface area contributed by atoms with Gasteiger partial charge in [0.25, 0.3) is 17.7 Å². The molecule has 0 saturated heterocycles. The number of aromatic amines is 1. The Morgan fingerprint density at radius 1 is 0.439 bits per heavy atom. The number of carbonyl (C=O) groups is 6. The van der Waals surface area contributed by atoms with E-state index >= 15 is 0 Å². The number of amides is 6. The van der Waals surface area contributed by atoms with Crippen molar-refractivity contribution in [2.45, 2.75) is 97.1 Å². The van der Waals surface area contributed by atoms with Crippen LogP contribution in [-0.2, 0) is 49.2 Å². The highest BCUT2D eigenvalue weighted by Gasteiger charge is 2.51. The number of halogens is 10. The fourth-order valence-electron chi connectivity index (χ4n) is 13.9. The summed E-state index contributed by atoms with van der Waals surface area (Å²) in [6.45, 7) is 15.6. The normalized spacial score (nSPS) is 14.4. The maximum absolute atomic E-state index is 14.0. The highest BCUT2D eigenvalue weighted by molar-refractivity contribution is 6.16. The number of H-pyrrole nitrogens is 1. The van der Waals surface area contributed by atoms with Gasteiger partial charge in [0, 0.05) is 58.5 Å². The van der Waals surface area contributed by atoms with Crippen LogP contribution in [0.4, 0.5) is 95.7 Å². The van der Waals surface area contributed by atoms with E-state index in [0.717, 1.165) is 41.5 Å². The number of imidazole rings is 1. The van der Waals surface area contributed by atoms with Crippen molar-refractivity contribution in [1.82, 2.24) is 34.9 Å². The van der Waals surface area contributed by atoms with Gasteiger partial charge in [0.15, 0.2) is 0 Å². The standard InChI is InChI=1S/C29H22F4N4O2.C28H22F3N5O2.C28H23F3N4O2/c1-16-7-9-18(15-22(16)30)36-26(38)20-14-17(8-10-21(20)29(31,32)33)19-11-13-35-25-24(19)28(2,3)27(39)37(25)23-6-4-5-12-34-23;1-16-8-10-17(11-9-16)34-24(37)23-19(28(29,30)31)12-13-20(35-23)18-6-4-7-21-22(18)27(2,3)25(38)36(21)26-32-14-5-15-33-26;1-16-7-10-18(11-8-16)34-25(36)20-13-17(9-12-21(20)28(29,30)31)19-5-4-6-22-24(19)27(2,3)26(37)35(22)23-14-32-15-33-23/h4-15H,1-3H3,(H,36,38);4-15H,1-3H3,(H,34,37);4-15H,1-3H3,(H,32,33)(H,34,36). The van der Waals surface area contributed by atoms with Crippen molar-refractivity contribution in [1.29, 1.82) is 0 Å². The van der Waals surface area contributed by atoms with E-state index in [2.05, 4.69) is 50.8 Å². The Hall–Kier alpha value is -13.6. The number of anilines is 9. The second-order valence-electron chi connectivity index (χ2n) is 28.6. The van der Waals surface area contributed by atoms with E-state index in [4.69, 9.17) is 0 Å². The zero-order chi connectivity index (χ0) is 81.9. The summed E-state index contributed by atoms with van der Waals surface area (Å²) in [7, 11) is 0. The van der Waals surface area contributed by atoms with Crippen LogP contribution >= 0.6 is 0 Å². The van der Waals surface area contributed by atoms with E-state index in [1.807, 2.05) is 13.8 Å². The van der Waals surface area contributed by atoms with Crippen LogP contribution < -0.4 is 30.7 Å². The van der Waals surface area contributed by atoms with Gasteiger partial charge in [0.2, 0.25) is 23.7 Å². The third-order valence-electron chi connectivity index (χ3n) is 19.7. The minimum Gasteiger partial charge on any atom is -0.331 e. The molecule has 3 aliphatic heterocycles. The molecule has 0 spiro atoms. The quantitative estimate of drug-likeness (QED) is 0.0835. The predicted molar refractivity (Wildman–Crippen MR) is 409 cm³/mol. The van der Waals surface area contributed by atoms with Crippen LogP contribution in [0, 0.1) is 26.6 Å². The van der Waals surface area contributed by atoms with Gasteiger partial charge in [-0.05, 0) is 205 Å². The molecule has 12 aromatic rings. The Balaban J connectivity index is 0.000000149. The Bertz CT molecular complexity index is 5800. The van der Waals surface area contributed by atoms with Crippen LogP contribution in [-0.4, -0.2) is 70.3 Å². The zero-order valence-corrected chi connectivity index (χ0v) is 62.0. The number of hydrogen-bond acceptors (Lipinski definition) is 12. The second kappa shape index (κ2) is 29.9. The van der Waals surface area contributed by atoms with Crippen LogP contribution in [0.3, 0.4) is 0 Å². The summed E-state index contributed by atoms with van der Waals surface area (Å²) in [6, 6.07) is 44.7. The van der Waals surface area contributed by atoms with Crippen molar-refractivity contribution in [2.75, 3.05) is 30.7 Å². The van der Waals surface area contributed by atoms with E-state index in [9.17, 15) is 72.7 Å². The summed E-state index contributed by atoms with van der Waals surface area (Å²) in [4.78, 5) is 112. The number of aromatic nitrogens is 7. The molecular weight excluding hydrogens is 1490 g/mol. The summed E-state index contributed by atoms with van der Waals surface area (Å²) in [5.41, 5.74) is -0.411. The summed E-state index contributed by atoms with van der Waals surface area (Å²) < 4.78 is 139. The van der Waals surface area contributed by atoms with Crippen LogP contribution in [0.5, 0.6) is 0 Å². The molecule has 3 aliphatic rings. The summed E-state index contributed by atoms with van der Waals surface area (Å²) in [5, 5.41) is 7.43. The molecule has 7 aromatic carbocycles. The molecule has 0 fully saturated rings. The number of nitrogens with zero attached hydrogens (tertiary/aromatic N) is 9. The van der Waals surface area contributed by atoms with E-state index in [1.165, 1.54) is 95.3 Å². The van der Waals surface area contributed by atoms with E-state index in [1.54, 1.807) is 157 Å². The molecule has 19 nitrogen and oxygen atoms in total. The first kappa shape index (κ1) is 78.5. The first-order valence-electron chi connectivity index (χ1n) is 35.2. The fourth-order valence-corrected chi connectivity index (χ4v) is 13.9. The molecule has 0 radical (unpaired) electrons. The number of benzene rings is 7.